The van der Waals surface area contributed by atoms with Crippen molar-refractivity contribution >= 4 is 47.0 Å². The highest BCUT2D eigenvalue weighted by molar-refractivity contribution is 5.81. The zero-order chi connectivity index (χ0) is 90.7. The van der Waals surface area contributed by atoms with Gasteiger partial charge in [-0.1, -0.05) is 115 Å². The molecule has 4 atom stereocenters. The number of imidazole rings is 2. The predicted molar refractivity (Wildman–Crippen MR) is 518 cm³/mol. The summed E-state index contributed by atoms with van der Waals surface area (Å²) in [6, 6.07) is 18.8. The van der Waals surface area contributed by atoms with Gasteiger partial charge in [0.1, 0.15) is 41.9 Å². The number of alkyl halides is 1. The third kappa shape index (κ3) is 34.0. The minimum Gasteiger partial charge on any atom is -0.490 e. The fourth-order valence-corrected chi connectivity index (χ4v) is 15.4. The van der Waals surface area contributed by atoms with Crippen molar-refractivity contribution in [2.75, 3.05) is 105 Å². The molecule has 27 heteroatoms. The molecule has 0 bridgehead atoms. The fourth-order valence-electron chi connectivity index (χ4n) is 15.4. The highest BCUT2D eigenvalue weighted by Gasteiger charge is 2.28. The third-order valence-electron chi connectivity index (χ3n) is 22.5. The van der Waals surface area contributed by atoms with E-state index in [1.807, 2.05) is 45.2 Å². The number of anilines is 5. The zero-order valence-electron chi connectivity index (χ0n) is 80.5. The van der Waals surface area contributed by atoms with Gasteiger partial charge in [-0.2, -0.15) is 0 Å². The molecule has 692 valence electrons. The number of aliphatic imine (C=N–C) groups is 3. The van der Waals surface area contributed by atoms with Gasteiger partial charge in [-0.05, 0) is 238 Å². The van der Waals surface area contributed by atoms with E-state index >= 15 is 0 Å². The number of nitrogens with one attached hydrogen (secondary N) is 11. The minimum absolute atomic E-state index is 0.280. The Bertz CT molecular complexity index is 4230. The van der Waals surface area contributed by atoms with Crippen LogP contribution in [0, 0.1) is 25.7 Å². The van der Waals surface area contributed by atoms with Crippen molar-refractivity contribution in [3.8, 4) is 11.5 Å². The number of fused-ring (bicyclic) bond motifs is 7. The number of hydrogen-bond acceptors (Lipinski definition) is 24. The van der Waals surface area contributed by atoms with Gasteiger partial charge >= 0.3 is 0 Å². The number of guanidine groups is 3. The predicted octanol–water partition coefficient (Wildman–Crippen LogP) is 17.5. The number of aryl methyl sites for hydroxylation is 8. The van der Waals surface area contributed by atoms with Gasteiger partial charge in [-0.3, -0.25) is 15.0 Å². The van der Waals surface area contributed by atoms with Gasteiger partial charge < -0.3 is 82.2 Å². The number of hydrogen-bond donors (Lipinski definition) is 12. The Morgan fingerprint density at radius 1 is 0.440 bits per heavy atom. The SMILES string of the molecule is CC(C)C1Cc2cccnc2NC1C.CC(C)NC1=NCC(F)CN1.CC(C)NC1=NCC(O)CN1.CC(C)NC1=NCCCN1.CC(C)c1ccc2c(n1)NCCCC2.CC(C)c1ccc2c(n1)NCCCO2.CC(C)c1cn2c(n1)CCC2.CC(C)c1cn2c(n1)CCCC2.Cc1nc2c(cc1C(C)C)CCCN2.Cc1nc2c(cc1C(C)C)OCCN2. The largest absolute Gasteiger partial charge is 0.490 e. The Labute approximate surface area is 750 Å². The van der Waals surface area contributed by atoms with Crippen molar-refractivity contribution in [3.63, 3.8) is 0 Å². The zero-order valence-corrected chi connectivity index (χ0v) is 80.5. The molecule has 26 nitrogen and oxygen atoms in total. The lowest BCUT2D eigenvalue weighted by atomic mass is 9.82. The van der Waals surface area contributed by atoms with E-state index in [2.05, 4.69) is 299 Å². The first-order chi connectivity index (χ1) is 59.8. The first-order valence-corrected chi connectivity index (χ1v) is 47.3. The highest BCUT2D eigenvalue weighted by Crippen LogP contribution is 2.34. The normalized spacial score (nSPS) is 18.4. The first-order valence-electron chi connectivity index (χ1n) is 47.3. The Morgan fingerprint density at radius 3 is 1.53 bits per heavy atom. The lowest BCUT2D eigenvalue weighted by molar-refractivity contribution is 0.180. The number of nitrogens with zero attached hydrogens (tertiary/aromatic N) is 12. The molecule has 10 aliphatic heterocycles. The number of aromatic nitrogens is 9. The van der Waals surface area contributed by atoms with E-state index in [0.29, 0.717) is 85.3 Å². The van der Waals surface area contributed by atoms with Gasteiger partial charge in [0.15, 0.2) is 41.0 Å². The first kappa shape index (κ1) is 101. The summed E-state index contributed by atoms with van der Waals surface area (Å²) < 4.78 is 28.2. The van der Waals surface area contributed by atoms with Crippen molar-refractivity contribution in [1.29, 1.82) is 0 Å². The highest BCUT2D eigenvalue weighted by atomic mass is 19.1. The van der Waals surface area contributed by atoms with Gasteiger partial charge in [0.25, 0.3) is 0 Å². The van der Waals surface area contributed by atoms with Crippen molar-refractivity contribution in [2.45, 2.75) is 328 Å². The molecule has 10 aliphatic rings. The summed E-state index contributed by atoms with van der Waals surface area (Å²) in [4.78, 5) is 44.2. The molecule has 0 fully saturated rings. The van der Waals surface area contributed by atoms with Crippen molar-refractivity contribution in [1.82, 2.24) is 75.9 Å². The number of halogens is 1. The van der Waals surface area contributed by atoms with Crippen LogP contribution in [-0.4, -0.2) is 182 Å². The molecule has 0 saturated heterocycles. The van der Waals surface area contributed by atoms with Gasteiger partial charge in [-0.15, -0.1) is 0 Å². The summed E-state index contributed by atoms with van der Waals surface area (Å²) in [6.07, 6.45) is 20.9. The molecular weight excluding hydrogens is 1570 g/mol. The molecule has 0 spiro atoms. The smallest absolute Gasteiger partial charge is 0.191 e. The van der Waals surface area contributed by atoms with Crippen LogP contribution in [0.5, 0.6) is 11.5 Å². The second-order valence-electron chi connectivity index (χ2n) is 37.2. The molecule has 4 unspecified atom stereocenters. The average molecular weight is 1730 g/mol. The minimum atomic E-state index is -0.826. The molecule has 17 rings (SSSR count). The fraction of sp³-hybridized carbons (Fsp3) is 0.653. The van der Waals surface area contributed by atoms with E-state index in [9.17, 15) is 4.39 Å². The number of ether oxygens (including phenoxy) is 2. The maximum Gasteiger partial charge on any atom is 0.191 e. The van der Waals surface area contributed by atoms with Gasteiger partial charge in [0, 0.05) is 131 Å². The molecule has 17 heterocycles. The van der Waals surface area contributed by atoms with Crippen molar-refractivity contribution < 1.29 is 19.0 Å². The summed E-state index contributed by atoms with van der Waals surface area (Å²) >= 11 is 0. The number of pyridine rings is 5. The summed E-state index contributed by atoms with van der Waals surface area (Å²) in [5.74, 6) is 16.6. The van der Waals surface area contributed by atoms with E-state index in [0.717, 1.165) is 147 Å². The van der Waals surface area contributed by atoms with Crippen LogP contribution in [0.2, 0.25) is 0 Å². The summed E-state index contributed by atoms with van der Waals surface area (Å²) in [5, 5.41) is 44.3. The molecule has 125 heavy (non-hydrogen) atoms. The van der Waals surface area contributed by atoms with E-state index < -0.39 is 6.17 Å². The quantitative estimate of drug-likeness (QED) is 0.0605. The molecule has 0 radical (unpaired) electrons. The van der Waals surface area contributed by atoms with Gasteiger partial charge in [0.05, 0.1) is 50.3 Å². The molecule has 0 aromatic carbocycles. The Kier molecular flexibility index (Phi) is 41.9. The molecule has 0 aliphatic carbocycles. The maximum absolute atomic E-state index is 12.5. The van der Waals surface area contributed by atoms with Crippen LogP contribution < -0.4 is 68.0 Å². The molecule has 12 N–H and O–H groups in total. The van der Waals surface area contributed by atoms with E-state index in [1.54, 1.807) is 0 Å². The second kappa shape index (κ2) is 51.9. The van der Waals surface area contributed by atoms with Gasteiger partial charge in [0.2, 0.25) is 0 Å². The Hall–Kier alpha value is -9.53. The van der Waals surface area contributed by atoms with Crippen molar-refractivity contribution in [3.05, 3.63) is 141 Å². The average Bonchev–Trinajstić information content (AvgIpc) is 1.42. The molecule has 0 saturated carbocycles. The molecule has 7 aromatic rings. The molecule has 7 aromatic heterocycles. The molecule has 0 amide bonds. The van der Waals surface area contributed by atoms with Crippen molar-refractivity contribution in [2.24, 2.45) is 26.8 Å². The van der Waals surface area contributed by atoms with E-state index in [4.69, 9.17) is 14.6 Å². The third-order valence-corrected chi connectivity index (χ3v) is 22.5. The summed E-state index contributed by atoms with van der Waals surface area (Å²) in [5.41, 5.74) is 13.9. The van der Waals surface area contributed by atoms with Crippen LogP contribution >= 0.6 is 0 Å². The van der Waals surface area contributed by atoms with Crippen LogP contribution in [0.4, 0.5) is 33.5 Å². The van der Waals surface area contributed by atoms with E-state index in [1.165, 1.54) is 140 Å². The number of aliphatic hydroxyl groups excluding tert-OH is 1. The van der Waals surface area contributed by atoms with Crippen LogP contribution in [0.3, 0.4) is 0 Å². The topological polar surface area (TPSA) is 308 Å². The van der Waals surface area contributed by atoms with Crippen LogP contribution in [-0.2, 0) is 45.2 Å². The molecular formula is C98H160FN23O3. The van der Waals surface area contributed by atoms with Crippen LogP contribution in [0.1, 0.15) is 306 Å². The lowest BCUT2D eigenvalue weighted by Crippen LogP contribution is -2.48. The summed E-state index contributed by atoms with van der Waals surface area (Å²) in [6.45, 7) is 61.2. The lowest BCUT2D eigenvalue weighted by Gasteiger charge is -2.34. The second-order valence-corrected chi connectivity index (χ2v) is 37.2. The number of β-amino-alcohol motifs (C(OH)–C–C–N with tert-alkyl or cyclic N) is 1. The number of aliphatic hydroxyl groups is 1. The van der Waals surface area contributed by atoms with E-state index in [-0.39, 0.29) is 12.6 Å². The Morgan fingerprint density at radius 2 is 0.952 bits per heavy atom. The maximum atomic E-state index is 12.5. The van der Waals surface area contributed by atoms with Crippen LogP contribution in [0.25, 0.3) is 0 Å². The summed E-state index contributed by atoms with van der Waals surface area (Å²) in [7, 11) is 0. The van der Waals surface area contributed by atoms with Crippen LogP contribution in [0.15, 0.2) is 82.1 Å². The monoisotopic (exact) mass is 1730 g/mol. The number of rotatable bonds is 10. The Balaban J connectivity index is 0.000000172. The standard InChI is InChI=1S/3C12H18N2.2C11H16N2O.C10H16N2.C9H14N2.C7H14FN3.C7H15N3O.C7H15N3/c2*1-8(2)11-7-10-5-4-6-13-12(10)14-9(11)3;1-9(2)11-7-6-10-5-3-4-8-13-12(10)14-11;1-7(2)9-6-10-11(13-8(9)3)12-4-5-14-10;1-8(2)9-4-5-10-11(13-9)12-6-3-7-14-10;1-8(2)9-7-12-6-4-3-5-10(12)11-9;1-7(2)8-6-11-5-3-4-9(11)10-8;1-5(2)11-7-9-3-6(8)4-10-7;1-5(2)10-7-8-3-6(11)4-9-7;1-6(2)10-7-8-4-3-5-9-7/h7-8H,4-6H2,1-3H3,(H,13,14);4-6,8-9,11H,7H2,1-3H3,(H,13,14);6-7,9H,3-5,8H2,1-2H3,(H,13,14);6-7H,4-5H2,1-3H3,(H,12,13);4-5,8H,3,6-7H2,1-2H3,(H,12,13);7-8H,3-6H2,1-2H3;6-7H,3-5H2,1-2H3;5-6H,3-4H2,1-2H3,(H2,9,10,11);5-6,11H,3-4H2,1-2H3,(H2,8,9,10);6H,3-5H2,1-2H3,(H2,8,9,10). The van der Waals surface area contributed by atoms with Gasteiger partial charge in [-0.25, -0.2) is 39.3 Å².